The van der Waals surface area contributed by atoms with E-state index in [0.717, 1.165) is 10.6 Å². The average Bonchev–Trinajstić information content (AvgIpc) is 2.99. The van der Waals surface area contributed by atoms with Gasteiger partial charge in [0.15, 0.2) is 0 Å². The van der Waals surface area contributed by atoms with Crippen LogP contribution in [0.15, 0.2) is 29.8 Å². The van der Waals surface area contributed by atoms with Crippen LogP contribution in [0.4, 0.5) is 0 Å². The predicted octanol–water partition coefficient (Wildman–Crippen LogP) is 3.79. The summed E-state index contributed by atoms with van der Waals surface area (Å²) in [5, 5.41) is 13.9. The van der Waals surface area contributed by atoms with Crippen molar-refractivity contribution in [3.63, 3.8) is 0 Å². The van der Waals surface area contributed by atoms with Crippen molar-refractivity contribution in [2.24, 2.45) is 0 Å². The van der Waals surface area contributed by atoms with E-state index in [1.807, 2.05) is 36.5 Å². The Labute approximate surface area is 142 Å². The fourth-order valence-electron chi connectivity index (χ4n) is 2.62. The van der Waals surface area contributed by atoms with Crippen molar-refractivity contribution in [1.82, 2.24) is 9.88 Å². The van der Waals surface area contributed by atoms with E-state index in [9.17, 15) is 5.11 Å². The average molecular weight is 334 g/mol. The van der Waals surface area contributed by atoms with Crippen molar-refractivity contribution in [3.8, 4) is 5.75 Å². The Hall–Kier alpha value is -1.43. The van der Waals surface area contributed by atoms with Crippen LogP contribution in [-0.4, -0.2) is 36.2 Å². The lowest BCUT2D eigenvalue weighted by Gasteiger charge is -2.29. The molecule has 0 amide bonds. The third kappa shape index (κ3) is 3.91. The van der Waals surface area contributed by atoms with Crippen molar-refractivity contribution in [1.29, 1.82) is 0 Å². The van der Waals surface area contributed by atoms with E-state index in [4.69, 9.17) is 4.74 Å². The zero-order chi connectivity index (χ0) is 17.2. The van der Waals surface area contributed by atoms with Crippen LogP contribution >= 0.6 is 11.3 Å². The molecule has 2 aromatic rings. The topological polar surface area (TPSA) is 45.6 Å². The molecule has 0 aliphatic carbocycles. The zero-order valence-corrected chi connectivity index (χ0v) is 15.5. The first-order chi connectivity index (χ1) is 10.8. The minimum Gasteiger partial charge on any atom is -0.496 e. The highest BCUT2D eigenvalue weighted by atomic mass is 32.1. The van der Waals surface area contributed by atoms with Gasteiger partial charge in [0, 0.05) is 17.1 Å². The van der Waals surface area contributed by atoms with Gasteiger partial charge in [0.1, 0.15) is 16.9 Å². The smallest absolute Gasteiger partial charge is 0.124 e. The Morgan fingerprint density at radius 1 is 1.26 bits per heavy atom. The number of nitrogens with zero attached hydrogens (tertiary/aromatic N) is 2. The highest BCUT2D eigenvalue weighted by Gasteiger charge is 2.30. The van der Waals surface area contributed by atoms with E-state index in [1.54, 1.807) is 24.6 Å². The summed E-state index contributed by atoms with van der Waals surface area (Å²) < 4.78 is 5.49. The maximum Gasteiger partial charge on any atom is 0.124 e. The molecule has 1 aromatic carbocycles. The normalized spacial score (nSPS) is 14.8. The zero-order valence-electron chi connectivity index (χ0n) is 14.7. The van der Waals surface area contributed by atoms with Gasteiger partial charge in [-0.1, -0.05) is 26.8 Å². The summed E-state index contributed by atoms with van der Waals surface area (Å²) in [6.45, 7) is 6.49. The molecular formula is C18H26N2O2S. The predicted molar refractivity (Wildman–Crippen MR) is 95.2 cm³/mol. The molecule has 2 unspecified atom stereocenters. The Bertz CT molecular complexity index is 633. The molecule has 126 valence electrons. The molecule has 1 aromatic heterocycles. The second-order valence-electron chi connectivity index (χ2n) is 6.93. The van der Waals surface area contributed by atoms with Gasteiger partial charge >= 0.3 is 0 Å². The Balaban J connectivity index is 2.49. The van der Waals surface area contributed by atoms with Gasteiger partial charge in [-0.2, -0.15) is 0 Å². The second kappa shape index (κ2) is 6.99. The standard InChI is InChI=1S/C18H26N2O2S/c1-18(2,3)12-7-8-14(22-6)13(11-12)16(21)15(20(4)5)17-19-9-10-23-17/h7-11,15-16,21H,1-6H3. The largest absolute Gasteiger partial charge is 0.496 e. The minimum absolute atomic E-state index is 0.00946. The van der Waals surface area contributed by atoms with Crippen LogP contribution in [0.5, 0.6) is 5.75 Å². The maximum absolute atomic E-state index is 11.1. The number of hydrogen-bond donors (Lipinski definition) is 1. The van der Waals surface area contributed by atoms with Crippen LogP contribution in [0, 0.1) is 0 Å². The molecule has 0 aliphatic rings. The quantitative estimate of drug-likeness (QED) is 0.904. The second-order valence-corrected chi connectivity index (χ2v) is 7.86. The van der Waals surface area contributed by atoms with E-state index in [2.05, 4.69) is 31.8 Å². The van der Waals surface area contributed by atoms with Gasteiger partial charge in [-0.25, -0.2) is 4.98 Å². The van der Waals surface area contributed by atoms with Gasteiger partial charge in [0.25, 0.3) is 0 Å². The number of methoxy groups -OCH3 is 1. The number of hydrogen-bond acceptors (Lipinski definition) is 5. The van der Waals surface area contributed by atoms with Crippen LogP contribution in [0.25, 0.3) is 0 Å². The summed E-state index contributed by atoms with van der Waals surface area (Å²) in [5.41, 5.74) is 1.98. The number of aromatic nitrogens is 1. The molecule has 0 spiro atoms. The van der Waals surface area contributed by atoms with Crippen LogP contribution < -0.4 is 4.74 Å². The molecule has 0 aliphatic heterocycles. The molecular weight excluding hydrogens is 308 g/mol. The lowest BCUT2D eigenvalue weighted by atomic mass is 9.85. The van der Waals surface area contributed by atoms with Gasteiger partial charge in [0.2, 0.25) is 0 Å². The third-order valence-corrected chi connectivity index (χ3v) is 4.82. The van der Waals surface area contributed by atoms with Gasteiger partial charge in [0.05, 0.1) is 13.2 Å². The summed E-state index contributed by atoms with van der Waals surface area (Å²) >= 11 is 1.55. The Morgan fingerprint density at radius 3 is 2.43 bits per heavy atom. The monoisotopic (exact) mass is 334 g/mol. The van der Waals surface area contributed by atoms with Crippen molar-refractivity contribution in [2.75, 3.05) is 21.2 Å². The first kappa shape index (κ1) is 17.9. The number of likely N-dealkylation sites (N-methyl/N-ethyl adjacent to an activating group) is 1. The number of rotatable bonds is 5. The SMILES string of the molecule is COc1ccc(C(C)(C)C)cc1C(O)C(c1nccs1)N(C)C. The first-order valence-corrected chi connectivity index (χ1v) is 8.56. The van der Waals surface area contributed by atoms with E-state index >= 15 is 0 Å². The fourth-order valence-corrected chi connectivity index (χ4v) is 3.48. The van der Waals surface area contributed by atoms with Crippen LogP contribution in [0.2, 0.25) is 0 Å². The van der Waals surface area contributed by atoms with Gasteiger partial charge in [-0.15, -0.1) is 11.3 Å². The number of ether oxygens (including phenoxy) is 1. The summed E-state index contributed by atoms with van der Waals surface area (Å²) in [6.07, 6.45) is 1.06. The van der Waals surface area contributed by atoms with E-state index < -0.39 is 6.10 Å². The summed E-state index contributed by atoms with van der Waals surface area (Å²) in [4.78, 5) is 6.38. The molecule has 23 heavy (non-hydrogen) atoms. The number of thiazole rings is 1. The molecule has 0 fully saturated rings. The molecule has 2 rings (SSSR count). The van der Waals surface area contributed by atoms with Crippen molar-refractivity contribution in [3.05, 3.63) is 45.9 Å². The molecule has 4 nitrogen and oxygen atoms in total. The van der Waals surface area contributed by atoms with Gasteiger partial charge in [-0.05, 0) is 37.2 Å². The molecule has 1 N–H and O–H groups in total. The van der Waals surface area contributed by atoms with Crippen molar-refractivity contribution >= 4 is 11.3 Å². The van der Waals surface area contributed by atoms with Crippen molar-refractivity contribution in [2.45, 2.75) is 38.3 Å². The lowest BCUT2D eigenvalue weighted by molar-refractivity contribution is 0.0731. The van der Waals surface area contributed by atoms with Crippen LogP contribution in [0.3, 0.4) is 0 Å². The molecule has 0 radical (unpaired) electrons. The summed E-state index contributed by atoms with van der Waals surface area (Å²) in [5.74, 6) is 0.703. The highest BCUT2D eigenvalue weighted by molar-refractivity contribution is 7.09. The maximum atomic E-state index is 11.1. The third-order valence-electron chi connectivity index (χ3n) is 3.97. The molecule has 0 bridgehead atoms. The fraction of sp³-hybridized carbons (Fsp3) is 0.500. The van der Waals surface area contributed by atoms with E-state index in [0.29, 0.717) is 5.75 Å². The summed E-state index contributed by atoms with van der Waals surface area (Å²) in [6, 6.07) is 5.84. The number of aliphatic hydroxyl groups is 1. The van der Waals surface area contributed by atoms with Crippen LogP contribution in [-0.2, 0) is 5.41 Å². The minimum atomic E-state index is -0.714. The summed E-state index contributed by atoms with van der Waals surface area (Å²) in [7, 11) is 5.54. The lowest BCUT2D eigenvalue weighted by Crippen LogP contribution is -2.26. The van der Waals surface area contributed by atoms with Crippen molar-refractivity contribution < 1.29 is 9.84 Å². The van der Waals surface area contributed by atoms with Gasteiger partial charge < -0.3 is 9.84 Å². The molecule has 1 heterocycles. The number of aliphatic hydroxyl groups excluding tert-OH is 1. The molecule has 0 saturated carbocycles. The molecule has 0 saturated heterocycles. The Kier molecular flexibility index (Phi) is 5.45. The van der Waals surface area contributed by atoms with E-state index in [1.165, 1.54) is 5.56 Å². The van der Waals surface area contributed by atoms with Gasteiger partial charge in [-0.3, -0.25) is 4.90 Å². The Morgan fingerprint density at radius 2 is 1.96 bits per heavy atom. The van der Waals surface area contributed by atoms with Crippen LogP contribution in [0.1, 0.15) is 49.1 Å². The number of benzene rings is 1. The van der Waals surface area contributed by atoms with E-state index in [-0.39, 0.29) is 11.5 Å². The highest BCUT2D eigenvalue weighted by Crippen LogP contribution is 2.39. The first-order valence-electron chi connectivity index (χ1n) is 7.68. The molecule has 5 heteroatoms. The molecule has 2 atom stereocenters.